The summed E-state index contributed by atoms with van der Waals surface area (Å²) >= 11 is 0. The maximum Gasteiger partial charge on any atom is 0.135 e. The van der Waals surface area contributed by atoms with Gasteiger partial charge in [0.1, 0.15) is 11.2 Å². The van der Waals surface area contributed by atoms with E-state index in [9.17, 15) is 0 Å². The van der Waals surface area contributed by atoms with E-state index in [1.54, 1.807) is 0 Å². The number of nitrogens with zero attached hydrogens (tertiary/aromatic N) is 1. The highest BCUT2D eigenvalue weighted by molar-refractivity contribution is 6.11. The summed E-state index contributed by atoms with van der Waals surface area (Å²) in [4.78, 5) is 0. The predicted molar refractivity (Wildman–Crippen MR) is 210 cm³/mol. The fourth-order valence-electron chi connectivity index (χ4n) is 7.53. The molecule has 0 aliphatic carbocycles. The van der Waals surface area contributed by atoms with Crippen molar-refractivity contribution in [3.63, 3.8) is 0 Å². The van der Waals surface area contributed by atoms with Crippen molar-refractivity contribution in [2.24, 2.45) is 0 Å². The smallest absolute Gasteiger partial charge is 0.135 e. The van der Waals surface area contributed by atoms with Gasteiger partial charge in [-0.3, -0.25) is 0 Å². The average molecular weight is 638 g/mol. The van der Waals surface area contributed by atoms with Gasteiger partial charge in [-0.05, 0) is 105 Å². The van der Waals surface area contributed by atoms with Crippen molar-refractivity contribution in [3.8, 4) is 50.2 Å². The lowest BCUT2D eigenvalue weighted by atomic mass is 9.93. The maximum atomic E-state index is 6.13. The lowest BCUT2D eigenvalue weighted by molar-refractivity contribution is 0.669. The number of furan rings is 1. The van der Waals surface area contributed by atoms with E-state index in [0.717, 1.165) is 27.6 Å². The van der Waals surface area contributed by atoms with Crippen LogP contribution >= 0.6 is 0 Å². The number of aromatic nitrogens is 1. The molecule has 234 valence electrons. The highest BCUT2D eigenvalue weighted by Crippen LogP contribution is 2.38. The highest BCUT2D eigenvalue weighted by Gasteiger charge is 2.15. The van der Waals surface area contributed by atoms with Gasteiger partial charge in [-0.15, -0.1) is 0 Å². The minimum absolute atomic E-state index is 0.912. The third-order valence-electron chi connectivity index (χ3n) is 9.99. The molecule has 0 amide bonds. The summed E-state index contributed by atoms with van der Waals surface area (Å²) in [5.74, 6) is 0. The van der Waals surface area contributed by atoms with Crippen LogP contribution in [0.25, 0.3) is 93.9 Å². The van der Waals surface area contributed by atoms with Crippen molar-refractivity contribution in [3.05, 3.63) is 188 Å². The van der Waals surface area contributed by atoms with Gasteiger partial charge in [0, 0.05) is 27.2 Å². The molecular formula is C48H31NO. The van der Waals surface area contributed by atoms with Crippen molar-refractivity contribution >= 4 is 43.7 Å². The Kier molecular flexibility index (Phi) is 6.53. The van der Waals surface area contributed by atoms with Gasteiger partial charge in [-0.25, -0.2) is 0 Å². The minimum atomic E-state index is 0.912. The number of para-hydroxylation sites is 2. The van der Waals surface area contributed by atoms with Crippen molar-refractivity contribution in [1.82, 2.24) is 4.57 Å². The van der Waals surface area contributed by atoms with Crippen LogP contribution in [0, 0.1) is 0 Å². The number of benzene rings is 8. The number of hydrogen-bond donors (Lipinski definition) is 0. The van der Waals surface area contributed by atoms with E-state index in [4.69, 9.17) is 4.42 Å². The van der Waals surface area contributed by atoms with Gasteiger partial charge in [-0.2, -0.15) is 0 Å². The molecule has 50 heavy (non-hydrogen) atoms. The first-order valence-electron chi connectivity index (χ1n) is 17.1. The third-order valence-corrected chi connectivity index (χ3v) is 9.99. The molecule has 8 aromatic carbocycles. The molecule has 0 bridgehead atoms. The van der Waals surface area contributed by atoms with Crippen LogP contribution < -0.4 is 0 Å². The Morgan fingerprint density at radius 1 is 0.280 bits per heavy atom. The Bertz CT molecular complexity index is 2780. The Morgan fingerprint density at radius 2 is 0.780 bits per heavy atom. The van der Waals surface area contributed by atoms with E-state index >= 15 is 0 Å². The molecule has 2 nitrogen and oxygen atoms in total. The standard InChI is InChI=1S/C48H31NO/c1-3-11-32(12-4-1)37-27-38(33-13-5-2-6-14-33)29-39(28-37)34-19-23-40(24-20-34)49-45-17-9-7-15-41(45)42-25-21-36(31-46(42)49)35-22-26-48-44(30-35)43-16-8-10-18-47(43)50-48/h1-31H. The quantitative estimate of drug-likeness (QED) is 0.184. The van der Waals surface area contributed by atoms with Crippen LogP contribution in [0.1, 0.15) is 0 Å². The Balaban J connectivity index is 1.10. The number of fused-ring (bicyclic) bond motifs is 6. The molecule has 0 unspecified atom stereocenters. The summed E-state index contributed by atoms with van der Waals surface area (Å²) in [6.45, 7) is 0. The SMILES string of the molecule is c1ccc(-c2cc(-c3ccccc3)cc(-c3ccc(-n4c5ccccc5c5ccc(-c6ccc7oc8ccccc8c7c6)cc54)cc3)c2)cc1. The first-order valence-corrected chi connectivity index (χ1v) is 17.1. The van der Waals surface area contributed by atoms with Gasteiger partial charge >= 0.3 is 0 Å². The average Bonchev–Trinajstić information content (AvgIpc) is 3.73. The van der Waals surface area contributed by atoms with E-state index in [1.165, 1.54) is 66.3 Å². The first kappa shape index (κ1) is 28.4. The summed E-state index contributed by atoms with van der Waals surface area (Å²) in [6.07, 6.45) is 0. The molecule has 10 aromatic rings. The lowest BCUT2D eigenvalue weighted by Crippen LogP contribution is -1.94. The van der Waals surface area contributed by atoms with Crippen LogP contribution in [0.15, 0.2) is 192 Å². The van der Waals surface area contributed by atoms with E-state index in [0.29, 0.717) is 0 Å². The van der Waals surface area contributed by atoms with Crippen LogP contribution in [-0.4, -0.2) is 4.57 Å². The Morgan fingerprint density at radius 3 is 1.48 bits per heavy atom. The molecule has 0 aliphatic heterocycles. The number of rotatable bonds is 5. The van der Waals surface area contributed by atoms with Crippen LogP contribution in [-0.2, 0) is 0 Å². The maximum absolute atomic E-state index is 6.13. The van der Waals surface area contributed by atoms with Crippen molar-refractivity contribution < 1.29 is 4.42 Å². The molecule has 0 saturated carbocycles. The topological polar surface area (TPSA) is 18.1 Å². The van der Waals surface area contributed by atoms with Crippen LogP contribution in [0.2, 0.25) is 0 Å². The van der Waals surface area contributed by atoms with Gasteiger partial charge < -0.3 is 8.98 Å². The van der Waals surface area contributed by atoms with Gasteiger partial charge in [0.25, 0.3) is 0 Å². The summed E-state index contributed by atoms with van der Waals surface area (Å²) < 4.78 is 8.53. The van der Waals surface area contributed by atoms with Crippen molar-refractivity contribution in [2.45, 2.75) is 0 Å². The molecule has 0 saturated heterocycles. The molecule has 0 N–H and O–H groups in total. The van der Waals surface area contributed by atoms with E-state index < -0.39 is 0 Å². The molecule has 0 radical (unpaired) electrons. The second-order valence-electron chi connectivity index (χ2n) is 13.0. The normalized spacial score (nSPS) is 11.6. The van der Waals surface area contributed by atoms with Gasteiger partial charge in [0.2, 0.25) is 0 Å². The zero-order chi connectivity index (χ0) is 33.0. The molecular weight excluding hydrogens is 607 g/mol. The zero-order valence-corrected chi connectivity index (χ0v) is 27.3. The molecule has 2 heterocycles. The molecule has 0 fully saturated rings. The molecule has 10 rings (SSSR count). The molecule has 2 aromatic heterocycles. The Hall–Kier alpha value is -6.64. The minimum Gasteiger partial charge on any atom is -0.456 e. The zero-order valence-electron chi connectivity index (χ0n) is 27.3. The molecule has 2 heteroatoms. The summed E-state index contributed by atoms with van der Waals surface area (Å²) in [7, 11) is 0. The monoisotopic (exact) mass is 637 g/mol. The van der Waals surface area contributed by atoms with E-state index in [1.807, 2.05) is 12.1 Å². The van der Waals surface area contributed by atoms with Gasteiger partial charge in [-0.1, -0.05) is 127 Å². The fourth-order valence-corrected chi connectivity index (χ4v) is 7.53. The van der Waals surface area contributed by atoms with Crippen LogP contribution in [0.3, 0.4) is 0 Å². The highest BCUT2D eigenvalue weighted by atomic mass is 16.3. The predicted octanol–water partition coefficient (Wildman–Crippen LogP) is 13.4. The largest absolute Gasteiger partial charge is 0.456 e. The molecule has 0 spiro atoms. The third kappa shape index (κ3) is 4.73. The summed E-state index contributed by atoms with van der Waals surface area (Å²) in [5.41, 5.74) is 14.9. The number of hydrogen-bond acceptors (Lipinski definition) is 1. The fraction of sp³-hybridized carbons (Fsp3) is 0. The van der Waals surface area contributed by atoms with Crippen molar-refractivity contribution in [2.75, 3.05) is 0 Å². The second-order valence-corrected chi connectivity index (χ2v) is 13.0. The summed E-state index contributed by atoms with van der Waals surface area (Å²) in [5, 5.41) is 4.77. The second kappa shape index (κ2) is 11.5. The molecule has 0 atom stereocenters. The van der Waals surface area contributed by atoms with Crippen LogP contribution in [0.4, 0.5) is 0 Å². The Labute approximate surface area is 290 Å². The van der Waals surface area contributed by atoms with E-state index in [2.05, 4.69) is 180 Å². The van der Waals surface area contributed by atoms with E-state index in [-0.39, 0.29) is 0 Å². The first-order chi connectivity index (χ1) is 24.8. The lowest BCUT2D eigenvalue weighted by Gasteiger charge is -2.13. The summed E-state index contributed by atoms with van der Waals surface area (Å²) in [6, 6.07) is 67.6. The van der Waals surface area contributed by atoms with Gasteiger partial charge in [0.05, 0.1) is 11.0 Å². The van der Waals surface area contributed by atoms with Gasteiger partial charge in [0.15, 0.2) is 0 Å². The van der Waals surface area contributed by atoms with Crippen LogP contribution in [0.5, 0.6) is 0 Å². The van der Waals surface area contributed by atoms with Crippen molar-refractivity contribution in [1.29, 1.82) is 0 Å². The molecule has 0 aliphatic rings.